The van der Waals surface area contributed by atoms with Crippen molar-refractivity contribution in [2.24, 2.45) is 0 Å². The van der Waals surface area contributed by atoms with Gasteiger partial charge in [0.25, 0.3) is 0 Å². The lowest BCUT2D eigenvalue weighted by Gasteiger charge is -2.47. The number of benzene rings is 1. The highest BCUT2D eigenvalue weighted by Crippen LogP contribution is 2.75. The van der Waals surface area contributed by atoms with Gasteiger partial charge in [-0.2, -0.15) is 61.5 Å². The molecule has 1 aliphatic carbocycles. The third-order valence-electron chi connectivity index (χ3n) is 4.48. The molecule has 0 nitrogen and oxygen atoms in total. The molecule has 1 aromatic carbocycles. The van der Waals surface area contributed by atoms with Gasteiger partial charge in [-0.15, -0.1) is 0 Å². The quantitative estimate of drug-likeness (QED) is 0.245. The lowest BCUT2D eigenvalue weighted by atomic mass is 9.67. The Morgan fingerprint density at radius 1 is 0.452 bits per heavy atom. The lowest BCUT2D eigenvalue weighted by Crippen LogP contribution is -2.75. The van der Waals surface area contributed by atoms with Gasteiger partial charge in [0.2, 0.25) is 5.41 Å². The van der Waals surface area contributed by atoms with Gasteiger partial charge in [0.15, 0.2) is 23.3 Å². The minimum absolute atomic E-state index is 3.59. The summed E-state index contributed by atoms with van der Waals surface area (Å²) in [5, 5.41) is 0. The summed E-state index contributed by atoms with van der Waals surface area (Å²) in [6, 6.07) is 0. The molecule has 0 radical (unpaired) electrons. The van der Waals surface area contributed by atoms with Crippen molar-refractivity contribution >= 4 is 0 Å². The second kappa shape index (κ2) is 6.05. The highest BCUT2D eigenvalue weighted by atomic mass is 19.4. The standard InChI is InChI=1S/C13F18/c14-3-1-2(4(15)6(17)5(3)16)8(18,19)9(20,21)7(1,10(22,23)12(26,27)28)11(24,25)13(29,30)31. The van der Waals surface area contributed by atoms with Gasteiger partial charge < -0.3 is 0 Å². The molecule has 0 amide bonds. The molecule has 0 bridgehead atoms. The predicted molar refractivity (Wildman–Crippen MR) is 58.8 cm³/mol. The third kappa shape index (κ3) is 2.44. The van der Waals surface area contributed by atoms with E-state index >= 15 is 0 Å². The first-order valence-electron chi connectivity index (χ1n) is 6.90. The predicted octanol–water partition coefficient (Wildman–Crippen LogP) is 6.62. The lowest BCUT2D eigenvalue weighted by molar-refractivity contribution is -0.429. The summed E-state index contributed by atoms with van der Waals surface area (Å²) in [7, 11) is 0. The molecule has 0 fully saturated rings. The van der Waals surface area contributed by atoms with Crippen molar-refractivity contribution in [1.82, 2.24) is 0 Å². The number of hydrogen-bond donors (Lipinski definition) is 0. The van der Waals surface area contributed by atoms with E-state index in [4.69, 9.17) is 0 Å². The second-order valence-electron chi connectivity index (χ2n) is 6.05. The first-order valence-corrected chi connectivity index (χ1v) is 6.90. The van der Waals surface area contributed by atoms with E-state index in [-0.39, 0.29) is 0 Å². The average molecular weight is 498 g/mol. The zero-order chi connectivity index (χ0) is 25.0. The maximum Gasteiger partial charge on any atom is 0.454 e. The molecular weight excluding hydrogens is 498 g/mol. The molecule has 0 saturated carbocycles. The zero-order valence-corrected chi connectivity index (χ0v) is 13.3. The Morgan fingerprint density at radius 3 is 1.03 bits per heavy atom. The smallest absolute Gasteiger partial charge is 0.203 e. The van der Waals surface area contributed by atoms with Crippen LogP contribution < -0.4 is 0 Å². The molecule has 0 aliphatic heterocycles. The van der Waals surface area contributed by atoms with Gasteiger partial charge in [-0.25, -0.2) is 17.6 Å². The number of alkyl halides is 14. The molecule has 0 spiro atoms. The van der Waals surface area contributed by atoms with Crippen LogP contribution in [-0.4, -0.2) is 30.1 Å². The Balaban J connectivity index is 3.43. The Labute approximate surface area is 156 Å². The minimum Gasteiger partial charge on any atom is -0.203 e. The van der Waals surface area contributed by atoms with Gasteiger partial charge >= 0.3 is 36.0 Å². The van der Waals surface area contributed by atoms with Crippen LogP contribution in [0.25, 0.3) is 0 Å². The van der Waals surface area contributed by atoms with Crippen LogP contribution in [0.15, 0.2) is 0 Å². The van der Waals surface area contributed by atoms with Crippen LogP contribution in [0.5, 0.6) is 0 Å². The van der Waals surface area contributed by atoms with Crippen molar-refractivity contribution in [3.63, 3.8) is 0 Å². The van der Waals surface area contributed by atoms with Crippen molar-refractivity contribution in [2.75, 3.05) is 0 Å². The minimum atomic E-state index is -8.34. The van der Waals surface area contributed by atoms with E-state index in [1.807, 2.05) is 0 Å². The van der Waals surface area contributed by atoms with Crippen LogP contribution in [-0.2, 0) is 11.3 Å². The van der Waals surface area contributed by atoms with Gasteiger partial charge in [0, 0.05) is 5.56 Å². The number of halogens is 18. The van der Waals surface area contributed by atoms with E-state index in [1.54, 1.807) is 0 Å². The molecule has 18 heteroatoms. The molecule has 178 valence electrons. The molecule has 1 aromatic rings. The fourth-order valence-corrected chi connectivity index (χ4v) is 3.16. The molecule has 0 atom stereocenters. The summed E-state index contributed by atoms with van der Waals surface area (Å²) in [6.45, 7) is 0. The van der Waals surface area contributed by atoms with E-state index in [0.717, 1.165) is 0 Å². The van der Waals surface area contributed by atoms with Crippen LogP contribution in [0.4, 0.5) is 79.0 Å². The van der Waals surface area contributed by atoms with Gasteiger partial charge in [-0.1, -0.05) is 0 Å². The third-order valence-corrected chi connectivity index (χ3v) is 4.48. The fraction of sp³-hybridized carbons (Fsp3) is 0.538. The summed E-state index contributed by atoms with van der Waals surface area (Å²) < 4.78 is 243. The molecule has 31 heavy (non-hydrogen) atoms. The van der Waals surface area contributed by atoms with Crippen LogP contribution in [0, 0.1) is 23.3 Å². The van der Waals surface area contributed by atoms with Gasteiger partial charge in [-0.05, 0) is 0 Å². The van der Waals surface area contributed by atoms with E-state index in [1.165, 1.54) is 0 Å². The number of rotatable bonds is 2. The summed E-state index contributed by atoms with van der Waals surface area (Å²) in [6.07, 6.45) is -16.0. The molecule has 0 N–H and O–H groups in total. The molecule has 0 unspecified atom stereocenters. The first-order chi connectivity index (χ1) is 13.4. The Morgan fingerprint density at radius 2 is 0.742 bits per heavy atom. The van der Waals surface area contributed by atoms with E-state index in [9.17, 15) is 79.0 Å². The number of hydrogen-bond acceptors (Lipinski definition) is 0. The largest absolute Gasteiger partial charge is 0.454 e. The van der Waals surface area contributed by atoms with Crippen LogP contribution in [0.1, 0.15) is 11.1 Å². The topological polar surface area (TPSA) is 0 Å². The Hall–Kier alpha value is -2.04. The molecular formula is C13F18. The van der Waals surface area contributed by atoms with Crippen LogP contribution >= 0.6 is 0 Å². The van der Waals surface area contributed by atoms with E-state index in [2.05, 4.69) is 0 Å². The van der Waals surface area contributed by atoms with Crippen LogP contribution in [0.3, 0.4) is 0 Å². The monoisotopic (exact) mass is 498 g/mol. The molecule has 1 aliphatic rings. The molecule has 0 aromatic heterocycles. The normalized spacial score (nSPS) is 20.7. The average Bonchev–Trinajstić information content (AvgIpc) is 2.70. The summed E-state index contributed by atoms with van der Waals surface area (Å²) in [5.41, 5.74) is -16.5. The van der Waals surface area contributed by atoms with Crippen LogP contribution in [0.2, 0.25) is 0 Å². The van der Waals surface area contributed by atoms with Crippen molar-refractivity contribution in [2.45, 2.75) is 41.5 Å². The zero-order valence-electron chi connectivity index (χ0n) is 13.3. The number of fused-ring (bicyclic) bond motifs is 1. The Bertz CT molecular complexity index is 890. The maximum atomic E-state index is 14.2. The van der Waals surface area contributed by atoms with Crippen molar-refractivity contribution in [3.05, 3.63) is 34.4 Å². The molecule has 0 heterocycles. The summed E-state index contributed by atoms with van der Waals surface area (Å²) in [4.78, 5) is 0. The molecule has 2 rings (SSSR count). The fourth-order valence-electron chi connectivity index (χ4n) is 3.16. The second-order valence-corrected chi connectivity index (χ2v) is 6.05. The molecule has 0 saturated heterocycles. The highest BCUT2D eigenvalue weighted by Gasteiger charge is 2.99. The van der Waals surface area contributed by atoms with Gasteiger partial charge in [0.1, 0.15) is 0 Å². The van der Waals surface area contributed by atoms with Crippen molar-refractivity contribution < 1.29 is 79.0 Å². The maximum absolute atomic E-state index is 14.2. The van der Waals surface area contributed by atoms with Crippen molar-refractivity contribution in [3.8, 4) is 0 Å². The van der Waals surface area contributed by atoms with E-state index < -0.39 is 75.9 Å². The SMILES string of the molecule is Fc1c(F)c(F)c2c(c1F)C(F)(F)C(F)(F)C2(C(F)(F)C(F)(F)F)C(F)(F)C(F)(F)F. The summed E-state index contributed by atoms with van der Waals surface area (Å²) in [5.74, 6) is -47.4. The summed E-state index contributed by atoms with van der Waals surface area (Å²) >= 11 is 0. The van der Waals surface area contributed by atoms with Crippen molar-refractivity contribution in [1.29, 1.82) is 0 Å². The highest BCUT2D eigenvalue weighted by molar-refractivity contribution is 5.55. The van der Waals surface area contributed by atoms with Gasteiger partial charge in [0.05, 0.1) is 5.56 Å². The van der Waals surface area contributed by atoms with E-state index in [0.29, 0.717) is 0 Å². The first kappa shape index (κ1) is 25.2. The van der Waals surface area contributed by atoms with Gasteiger partial charge in [-0.3, -0.25) is 0 Å². The Kier molecular flexibility index (Phi) is 4.92.